The largest absolute Gasteiger partial charge is 0.388 e. The van der Waals surface area contributed by atoms with Gasteiger partial charge < -0.3 is 5.32 Å². The van der Waals surface area contributed by atoms with Crippen LogP contribution in [0.25, 0.3) is 0 Å². The van der Waals surface area contributed by atoms with Crippen molar-refractivity contribution in [1.29, 1.82) is 10.7 Å². The van der Waals surface area contributed by atoms with Crippen molar-refractivity contribution in [1.82, 2.24) is 0 Å². The normalized spacial score (nSPS) is 9.56. The van der Waals surface area contributed by atoms with Crippen LogP contribution in [0, 0.1) is 16.7 Å². The maximum absolute atomic E-state index is 8.75. The summed E-state index contributed by atoms with van der Waals surface area (Å²) in [6, 6.07) is 16.8. The van der Waals surface area contributed by atoms with Gasteiger partial charge in [0.15, 0.2) is 0 Å². The first-order chi connectivity index (χ1) is 8.76. The molecule has 0 aliphatic heterocycles. The Balaban J connectivity index is 2.39. The summed E-state index contributed by atoms with van der Waals surface area (Å²) in [6.07, 6.45) is 0. The van der Waals surface area contributed by atoms with Crippen LogP contribution in [0.1, 0.15) is 16.7 Å². The molecule has 0 aliphatic carbocycles. The van der Waals surface area contributed by atoms with Crippen LogP contribution in [0.4, 0.5) is 5.69 Å². The zero-order valence-corrected chi connectivity index (χ0v) is 10.1. The lowest BCUT2D eigenvalue weighted by molar-refractivity contribution is 1.42. The highest BCUT2D eigenvalue weighted by molar-refractivity contribution is 6.14. The van der Waals surface area contributed by atoms with Crippen molar-refractivity contribution in [2.75, 3.05) is 12.4 Å². The van der Waals surface area contributed by atoms with Crippen LogP contribution in [0.2, 0.25) is 0 Å². The maximum atomic E-state index is 8.75. The molecule has 0 atom stereocenters. The second kappa shape index (κ2) is 5.15. The minimum atomic E-state index is 0.449. The number of benzene rings is 2. The molecular formula is C15H13N3. The fourth-order valence-electron chi connectivity index (χ4n) is 1.79. The molecule has 3 nitrogen and oxygen atoms in total. The molecule has 0 amide bonds. The molecule has 0 spiro atoms. The lowest BCUT2D eigenvalue weighted by Crippen LogP contribution is -2.05. The van der Waals surface area contributed by atoms with Gasteiger partial charge in [0.2, 0.25) is 0 Å². The Morgan fingerprint density at radius 3 is 2.39 bits per heavy atom. The molecule has 2 aromatic carbocycles. The van der Waals surface area contributed by atoms with Gasteiger partial charge in [0, 0.05) is 23.9 Å². The molecule has 18 heavy (non-hydrogen) atoms. The van der Waals surface area contributed by atoms with Crippen molar-refractivity contribution in [3.05, 3.63) is 65.2 Å². The van der Waals surface area contributed by atoms with Crippen LogP contribution >= 0.6 is 0 Å². The van der Waals surface area contributed by atoms with E-state index in [0.29, 0.717) is 11.3 Å². The summed E-state index contributed by atoms with van der Waals surface area (Å²) >= 11 is 0. The molecule has 0 unspecified atom stereocenters. The van der Waals surface area contributed by atoms with Crippen LogP contribution < -0.4 is 5.32 Å². The highest BCUT2D eigenvalue weighted by atomic mass is 14.8. The average Bonchev–Trinajstić information content (AvgIpc) is 2.46. The van der Waals surface area contributed by atoms with E-state index in [-0.39, 0.29) is 0 Å². The van der Waals surface area contributed by atoms with E-state index in [9.17, 15) is 0 Å². The van der Waals surface area contributed by atoms with E-state index in [1.165, 1.54) is 0 Å². The Hall–Kier alpha value is -2.60. The van der Waals surface area contributed by atoms with Gasteiger partial charge in [-0.15, -0.1) is 0 Å². The maximum Gasteiger partial charge on any atom is 0.0991 e. The number of nitrogens with one attached hydrogen (secondary N) is 2. The Labute approximate surface area is 106 Å². The minimum Gasteiger partial charge on any atom is -0.388 e. The van der Waals surface area contributed by atoms with Gasteiger partial charge in [-0.05, 0) is 18.2 Å². The number of anilines is 1. The van der Waals surface area contributed by atoms with E-state index >= 15 is 0 Å². The topological polar surface area (TPSA) is 59.7 Å². The quantitative estimate of drug-likeness (QED) is 0.803. The summed E-state index contributed by atoms with van der Waals surface area (Å²) in [6.45, 7) is 0. The number of nitriles is 1. The molecule has 88 valence electrons. The fraction of sp³-hybridized carbons (Fsp3) is 0.0667. The molecular weight excluding hydrogens is 222 g/mol. The molecule has 3 heteroatoms. The van der Waals surface area contributed by atoms with Crippen molar-refractivity contribution >= 4 is 11.4 Å². The fourth-order valence-corrected chi connectivity index (χ4v) is 1.79. The number of nitrogens with zero attached hydrogens (tertiary/aromatic N) is 1. The molecule has 0 saturated heterocycles. The minimum absolute atomic E-state index is 0.449. The Bertz CT molecular complexity index is 606. The Kier molecular flexibility index (Phi) is 3.40. The first-order valence-corrected chi connectivity index (χ1v) is 5.62. The summed E-state index contributed by atoms with van der Waals surface area (Å²) in [5, 5.41) is 20.0. The smallest absolute Gasteiger partial charge is 0.0991 e. The summed E-state index contributed by atoms with van der Waals surface area (Å²) in [4.78, 5) is 0. The van der Waals surface area contributed by atoms with Gasteiger partial charge in [0.25, 0.3) is 0 Å². The molecule has 0 radical (unpaired) electrons. The predicted octanol–water partition coefficient (Wildman–Crippen LogP) is 3.02. The number of hydrogen-bond donors (Lipinski definition) is 2. The van der Waals surface area contributed by atoms with E-state index in [1.807, 2.05) is 31.3 Å². The third-order valence-electron chi connectivity index (χ3n) is 2.77. The van der Waals surface area contributed by atoms with Crippen molar-refractivity contribution in [2.45, 2.75) is 0 Å². The van der Waals surface area contributed by atoms with Gasteiger partial charge in [-0.25, -0.2) is 0 Å². The van der Waals surface area contributed by atoms with E-state index in [1.54, 1.807) is 24.3 Å². The van der Waals surface area contributed by atoms with E-state index in [2.05, 4.69) is 11.4 Å². The lowest BCUT2D eigenvalue weighted by Gasteiger charge is -2.10. The molecule has 2 aromatic rings. The zero-order chi connectivity index (χ0) is 13.0. The van der Waals surface area contributed by atoms with Gasteiger partial charge >= 0.3 is 0 Å². The second-order valence-electron chi connectivity index (χ2n) is 3.86. The zero-order valence-electron chi connectivity index (χ0n) is 10.1. The molecule has 0 aromatic heterocycles. The molecule has 2 rings (SSSR count). The van der Waals surface area contributed by atoms with Crippen LogP contribution in [0.3, 0.4) is 0 Å². The number of hydrogen-bond acceptors (Lipinski definition) is 3. The van der Waals surface area contributed by atoms with Crippen LogP contribution in [0.5, 0.6) is 0 Å². The SMILES string of the molecule is CNc1ccccc1C(=N)c1ccc(C#N)cc1. The van der Waals surface area contributed by atoms with Crippen LogP contribution in [0.15, 0.2) is 48.5 Å². The van der Waals surface area contributed by atoms with Crippen LogP contribution in [-0.2, 0) is 0 Å². The van der Waals surface area contributed by atoms with Crippen molar-refractivity contribution < 1.29 is 0 Å². The molecule has 0 bridgehead atoms. The summed E-state index contributed by atoms with van der Waals surface area (Å²) in [7, 11) is 1.84. The van der Waals surface area contributed by atoms with Crippen LogP contribution in [-0.4, -0.2) is 12.8 Å². The van der Waals surface area contributed by atoms with E-state index in [4.69, 9.17) is 10.7 Å². The van der Waals surface area contributed by atoms with Crippen molar-refractivity contribution in [3.63, 3.8) is 0 Å². The monoisotopic (exact) mass is 235 g/mol. The first kappa shape index (κ1) is 11.9. The number of rotatable bonds is 3. The average molecular weight is 235 g/mol. The highest BCUT2D eigenvalue weighted by Crippen LogP contribution is 2.18. The molecule has 2 N–H and O–H groups in total. The summed E-state index contributed by atoms with van der Waals surface area (Å²) in [5.41, 5.74) is 3.63. The van der Waals surface area contributed by atoms with Crippen molar-refractivity contribution in [2.24, 2.45) is 0 Å². The highest BCUT2D eigenvalue weighted by Gasteiger charge is 2.08. The third-order valence-corrected chi connectivity index (χ3v) is 2.77. The van der Waals surface area contributed by atoms with E-state index in [0.717, 1.165) is 16.8 Å². The predicted molar refractivity (Wildman–Crippen MR) is 73.1 cm³/mol. The Morgan fingerprint density at radius 2 is 1.78 bits per heavy atom. The third kappa shape index (κ3) is 2.23. The molecule has 0 heterocycles. The second-order valence-corrected chi connectivity index (χ2v) is 3.86. The number of para-hydroxylation sites is 1. The van der Waals surface area contributed by atoms with Gasteiger partial charge in [0.1, 0.15) is 0 Å². The lowest BCUT2D eigenvalue weighted by atomic mass is 10.00. The van der Waals surface area contributed by atoms with Gasteiger partial charge in [0.05, 0.1) is 17.3 Å². The standard InChI is InChI=1S/C15H13N3/c1-18-14-5-3-2-4-13(14)15(17)12-8-6-11(10-16)7-9-12/h2-9,17-18H,1H3. The molecule has 0 fully saturated rings. The summed E-state index contributed by atoms with van der Waals surface area (Å²) in [5.74, 6) is 0. The van der Waals surface area contributed by atoms with Gasteiger partial charge in [-0.2, -0.15) is 5.26 Å². The molecule has 0 aliphatic rings. The first-order valence-electron chi connectivity index (χ1n) is 5.62. The van der Waals surface area contributed by atoms with E-state index < -0.39 is 0 Å². The Morgan fingerprint density at radius 1 is 1.11 bits per heavy atom. The summed E-state index contributed by atoms with van der Waals surface area (Å²) < 4.78 is 0. The van der Waals surface area contributed by atoms with Gasteiger partial charge in [-0.1, -0.05) is 30.3 Å². The van der Waals surface area contributed by atoms with Gasteiger partial charge in [-0.3, -0.25) is 5.41 Å². The van der Waals surface area contributed by atoms with Crippen molar-refractivity contribution in [3.8, 4) is 6.07 Å². The molecule has 0 saturated carbocycles.